The lowest BCUT2D eigenvalue weighted by Crippen LogP contribution is -2.46. The Labute approximate surface area is 141 Å². The van der Waals surface area contributed by atoms with Crippen molar-refractivity contribution in [1.82, 2.24) is 4.90 Å². The molecule has 1 fully saturated rings. The van der Waals surface area contributed by atoms with Crippen molar-refractivity contribution in [3.05, 3.63) is 27.7 Å². The molecule has 1 aromatic carbocycles. The highest BCUT2D eigenvalue weighted by Crippen LogP contribution is 2.30. The summed E-state index contributed by atoms with van der Waals surface area (Å²) in [4.78, 5) is 2.54. The van der Waals surface area contributed by atoms with Gasteiger partial charge < -0.3 is 16.0 Å². The summed E-state index contributed by atoms with van der Waals surface area (Å²) in [5.74, 6) is 0. The van der Waals surface area contributed by atoms with Gasteiger partial charge in [-0.05, 0) is 73.8 Å². The topological polar surface area (TPSA) is 41.3 Å². The monoisotopic (exact) mass is 373 g/mol. The van der Waals surface area contributed by atoms with E-state index in [2.05, 4.69) is 46.1 Å². The lowest BCUT2D eigenvalue weighted by atomic mass is 9.90. The number of nitrogens with one attached hydrogen (secondary N) is 1. The first-order chi connectivity index (χ1) is 9.96. The molecule has 1 heterocycles. The standard InChI is InChI=1S/C16H25BrClN3/c1-12(2)21-8-3-6-16(11-19,7-9-21)20-13-4-5-14(17)15(18)10-13/h4-5,10,12,20H,3,6-9,11,19H2,1-2H3. The molecule has 2 rings (SSSR count). The third kappa shape index (κ3) is 4.35. The Hall–Kier alpha value is -0.290. The summed E-state index contributed by atoms with van der Waals surface area (Å²) in [6.45, 7) is 7.41. The number of halogens is 2. The summed E-state index contributed by atoms with van der Waals surface area (Å²) in [7, 11) is 0. The van der Waals surface area contributed by atoms with Crippen LogP contribution in [-0.4, -0.2) is 36.1 Å². The molecule has 1 aliphatic rings. The summed E-state index contributed by atoms with van der Waals surface area (Å²) >= 11 is 9.62. The van der Waals surface area contributed by atoms with Crippen molar-refractivity contribution >= 4 is 33.2 Å². The second-order valence-electron chi connectivity index (χ2n) is 6.22. The van der Waals surface area contributed by atoms with Crippen LogP contribution in [0.2, 0.25) is 5.02 Å². The van der Waals surface area contributed by atoms with Crippen LogP contribution < -0.4 is 11.1 Å². The van der Waals surface area contributed by atoms with Gasteiger partial charge in [0.05, 0.1) is 10.6 Å². The number of nitrogens with zero attached hydrogens (tertiary/aromatic N) is 1. The Morgan fingerprint density at radius 2 is 2.14 bits per heavy atom. The zero-order chi connectivity index (χ0) is 15.5. The van der Waals surface area contributed by atoms with Gasteiger partial charge in [-0.2, -0.15) is 0 Å². The lowest BCUT2D eigenvalue weighted by molar-refractivity contribution is 0.227. The molecule has 5 heteroatoms. The molecular formula is C16H25BrClN3. The van der Waals surface area contributed by atoms with Crippen molar-refractivity contribution in [3.8, 4) is 0 Å². The maximum atomic E-state index is 6.19. The van der Waals surface area contributed by atoms with Gasteiger partial charge in [0.25, 0.3) is 0 Å². The molecule has 0 bridgehead atoms. The number of benzene rings is 1. The van der Waals surface area contributed by atoms with Crippen LogP contribution in [0.25, 0.3) is 0 Å². The molecule has 0 aromatic heterocycles. The van der Waals surface area contributed by atoms with Crippen LogP contribution in [0.4, 0.5) is 5.69 Å². The molecule has 118 valence electrons. The van der Waals surface area contributed by atoms with Crippen molar-refractivity contribution < 1.29 is 0 Å². The highest BCUT2D eigenvalue weighted by atomic mass is 79.9. The first-order valence-corrected chi connectivity index (χ1v) is 8.80. The fourth-order valence-corrected chi connectivity index (χ4v) is 3.42. The molecule has 1 aliphatic heterocycles. The average Bonchev–Trinajstić information content (AvgIpc) is 2.66. The van der Waals surface area contributed by atoms with Crippen molar-refractivity contribution in [2.45, 2.75) is 44.7 Å². The van der Waals surface area contributed by atoms with Crippen LogP contribution in [0.1, 0.15) is 33.1 Å². The second kappa shape index (κ2) is 7.32. The molecule has 21 heavy (non-hydrogen) atoms. The molecule has 3 N–H and O–H groups in total. The van der Waals surface area contributed by atoms with E-state index in [1.165, 1.54) is 6.42 Å². The normalized spacial score (nSPS) is 24.1. The van der Waals surface area contributed by atoms with Crippen molar-refractivity contribution in [2.75, 3.05) is 25.0 Å². The van der Waals surface area contributed by atoms with Gasteiger partial charge >= 0.3 is 0 Å². The minimum absolute atomic E-state index is 0.0270. The Bertz CT molecular complexity index is 481. The number of rotatable bonds is 4. The van der Waals surface area contributed by atoms with Gasteiger partial charge in [0, 0.05) is 29.3 Å². The Kier molecular flexibility index (Phi) is 5.95. The van der Waals surface area contributed by atoms with Gasteiger partial charge in [0.2, 0.25) is 0 Å². The molecule has 0 aliphatic carbocycles. The minimum Gasteiger partial charge on any atom is -0.378 e. The molecule has 3 nitrogen and oxygen atoms in total. The quantitative estimate of drug-likeness (QED) is 0.833. The van der Waals surface area contributed by atoms with Crippen LogP contribution in [0, 0.1) is 0 Å². The summed E-state index contributed by atoms with van der Waals surface area (Å²) in [5, 5.41) is 4.38. The summed E-state index contributed by atoms with van der Waals surface area (Å²) in [6, 6.07) is 6.60. The van der Waals surface area contributed by atoms with E-state index in [0.29, 0.717) is 12.6 Å². The molecule has 1 saturated heterocycles. The van der Waals surface area contributed by atoms with Gasteiger partial charge in [-0.25, -0.2) is 0 Å². The molecular weight excluding hydrogens is 350 g/mol. The first-order valence-electron chi connectivity index (χ1n) is 7.63. The van der Waals surface area contributed by atoms with Crippen LogP contribution in [0.15, 0.2) is 22.7 Å². The zero-order valence-electron chi connectivity index (χ0n) is 12.8. The predicted octanol–water partition coefficient (Wildman–Crippen LogP) is 4.11. The summed E-state index contributed by atoms with van der Waals surface area (Å²) < 4.78 is 0.920. The van der Waals surface area contributed by atoms with Crippen LogP contribution in [-0.2, 0) is 0 Å². The fourth-order valence-electron chi connectivity index (χ4n) is 2.99. The molecule has 0 amide bonds. The number of anilines is 1. The third-order valence-corrected chi connectivity index (χ3v) is 5.66. The van der Waals surface area contributed by atoms with Gasteiger partial charge in [0.1, 0.15) is 0 Å². The zero-order valence-corrected chi connectivity index (χ0v) is 15.2. The van der Waals surface area contributed by atoms with E-state index >= 15 is 0 Å². The predicted molar refractivity (Wildman–Crippen MR) is 95.1 cm³/mol. The SMILES string of the molecule is CC(C)N1CCCC(CN)(Nc2ccc(Br)c(Cl)c2)CC1. The van der Waals surface area contributed by atoms with E-state index in [4.69, 9.17) is 17.3 Å². The van der Waals surface area contributed by atoms with Gasteiger partial charge in [0.15, 0.2) is 0 Å². The summed E-state index contributed by atoms with van der Waals surface area (Å²) in [5.41, 5.74) is 7.14. The maximum absolute atomic E-state index is 6.19. The average molecular weight is 375 g/mol. The molecule has 0 spiro atoms. The maximum Gasteiger partial charge on any atom is 0.0568 e. The van der Waals surface area contributed by atoms with Gasteiger partial charge in [-0.1, -0.05) is 11.6 Å². The molecule has 0 saturated carbocycles. The van der Waals surface area contributed by atoms with E-state index in [0.717, 1.165) is 41.1 Å². The van der Waals surface area contributed by atoms with Crippen molar-refractivity contribution in [2.24, 2.45) is 5.73 Å². The Balaban J connectivity index is 2.12. The first kappa shape index (κ1) is 17.1. The van der Waals surface area contributed by atoms with Gasteiger partial charge in [-0.15, -0.1) is 0 Å². The van der Waals surface area contributed by atoms with Gasteiger partial charge in [-0.3, -0.25) is 0 Å². The largest absolute Gasteiger partial charge is 0.378 e. The van der Waals surface area contributed by atoms with E-state index in [1.807, 2.05) is 12.1 Å². The molecule has 1 atom stereocenters. The molecule has 0 radical (unpaired) electrons. The Morgan fingerprint density at radius 3 is 2.76 bits per heavy atom. The van der Waals surface area contributed by atoms with E-state index < -0.39 is 0 Å². The van der Waals surface area contributed by atoms with Crippen LogP contribution >= 0.6 is 27.5 Å². The Morgan fingerprint density at radius 1 is 1.38 bits per heavy atom. The summed E-state index contributed by atoms with van der Waals surface area (Å²) in [6.07, 6.45) is 3.34. The van der Waals surface area contributed by atoms with E-state index in [1.54, 1.807) is 0 Å². The van der Waals surface area contributed by atoms with E-state index in [9.17, 15) is 0 Å². The highest BCUT2D eigenvalue weighted by Gasteiger charge is 2.31. The van der Waals surface area contributed by atoms with Crippen LogP contribution in [0.3, 0.4) is 0 Å². The molecule has 1 unspecified atom stereocenters. The van der Waals surface area contributed by atoms with Crippen molar-refractivity contribution in [1.29, 1.82) is 0 Å². The van der Waals surface area contributed by atoms with E-state index in [-0.39, 0.29) is 5.54 Å². The highest BCUT2D eigenvalue weighted by molar-refractivity contribution is 9.10. The number of hydrogen-bond acceptors (Lipinski definition) is 3. The van der Waals surface area contributed by atoms with Crippen LogP contribution in [0.5, 0.6) is 0 Å². The fraction of sp³-hybridized carbons (Fsp3) is 0.625. The third-order valence-electron chi connectivity index (χ3n) is 4.43. The number of hydrogen-bond donors (Lipinski definition) is 2. The smallest absolute Gasteiger partial charge is 0.0568 e. The number of nitrogens with two attached hydrogens (primary N) is 1. The minimum atomic E-state index is -0.0270. The molecule has 1 aromatic rings. The van der Waals surface area contributed by atoms with Crippen molar-refractivity contribution in [3.63, 3.8) is 0 Å². The number of likely N-dealkylation sites (tertiary alicyclic amines) is 1. The second-order valence-corrected chi connectivity index (χ2v) is 7.48. The lowest BCUT2D eigenvalue weighted by Gasteiger charge is -2.34.